The molecule has 0 bridgehead atoms. The Balaban J connectivity index is 2.88. The first-order chi connectivity index (χ1) is 6.93. The number of pyridine rings is 1. The maximum absolute atomic E-state index is 11.2. The first-order valence-corrected chi connectivity index (χ1v) is 5.20. The minimum Gasteiger partial charge on any atom is -0.311 e. The molecule has 0 unspecified atom stereocenters. The van der Waals surface area contributed by atoms with Crippen molar-refractivity contribution in [3.05, 3.63) is 23.9 Å². The highest BCUT2D eigenvalue weighted by Gasteiger charge is 2.14. The van der Waals surface area contributed by atoms with Gasteiger partial charge in [0.25, 0.3) is 0 Å². The van der Waals surface area contributed by atoms with Gasteiger partial charge in [-0.2, -0.15) is 0 Å². The monoisotopic (exact) mass is 206 g/mol. The van der Waals surface area contributed by atoms with Gasteiger partial charge in [-0.15, -0.1) is 0 Å². The van der Waals surface area contributed by atoms with Crippen molar-refractivity contribution in [1.82, 2.24) is 4.98 Å². The second-order valence-electron chi connectivity index (χ2n) is 4.58. The van der Waals surface area contributed by atoms with Gasteiger partial charge in [0.1, 0.15) is 5.82 Å². The number of nitrogens with zero attached hydrogens (tertiary/aromatic N) is 1. The molecule has 0 spiro atoms. The first-order valence-electron chi connectivity index (χ1n) is 5.20. The molecule has 1 amide bonds. The van der Waals surface area contributed by atoms with Gasteiger partial charge in [0, 0.05) is 12.6 Å². The summed E-state index contributed by atoms with van der Waals surface area (Å²) in [6.07, 6.45) is 2.20. The average molecular weight is 206 g/mol. The number of rotatable bonds is 2. The van der Waals surface area contributed by atoms with Crippen LogP contribution in [0.2, 0.25) is 0 Å². The second-order valence-corrected chi connectivity index (χ2v) is 4.58. The Kier molecular flexibility index (Phi) is 3.45. The summed E-state index contributed by atoms with van der Waals surface area (Å²) >= 11 is 0. The minimum absolute atomic E-state index is 0.00596. The SMILES string of the molecule is CCC(=O)Nc1cc(C(C)(C)C)ccn1. The summed E-state index contributed by atoms with van der Waals surface area (Å²) in [6, 6.07) is 3.90. The maximum atomic E-state index is 11.2. The lowest BCUT2D eigenvalue weighted by atomic mass is 9.88. The molecule has 82 valence electrons. The van der Waals surface area contributed by atoms with Crippen LogP contribution in [0.25, 0.3) is 0 Å². The van der Waals surface area contributed by atoms with Crippen molar-refractivity contribution in [1.29, 1.82) is 0 Å². The van der Waals surface area contributed by atoms with Gasteiger partial charge in [0.05, 0.1) is 0 Å². The van der Waals surface area contributed by atoms with Crippen molar-refractivity contribution in [2.75, 3.05) is 5.32 Å². The summed E-state index contributed by atoms with van der Waals surface area (Å²) in [5, 5.41) is 2.75. The number of amides is 1. The Morgan fingerprint density at radius 1 is 1.47 bits per heavy atom. The zero-order valence-electron chi connectivity index (χ0n) is 9.79. The number of hydrogen-bond acceptors (Lipinski definition) is 2. The molecule has 0 saturated heterocycles. The number of hydrogen-bond donors (Lipinski definition) is 1. The van der Waals surface area contributed by atoms with Crippen molar-refractivity contribution in [3.63, 3.8) is 0 Å². The molecule has 0 aliphatic rings. The lowest BCUT2D eigenvalue weighted by molar-refractivity contribution is -0.115. The normalized spacial score (nSPS) is 11.2. The van der Waals surface area contributed by atoms with Crippen LogP contribution in [0.5, 0.6) is 0 Å². The van der Waals surface area contributed by atoms with E-state index in [1.807, 2.05) is 19.1 Å². The van der Waals surface area contributed by atoms with Crippen LogP contribution in [0.1, 0.15) is 39.7 Å². The maximum Gasteiger partial charge on any atom is 0.225 e. The molecule has 0 aliphatic carbocycles. The fourth-order valence-corrected chi connectivity index (χ4v) is 1.20. The number of nitrogens with one attached hydrogen (secondary N) is 1. The van der Waals surface area contributed by atoms with E-state index in [4.69, 9.17) is 0 Å². The van der Waals surface area contributed by atoms with Crippen molar-refractivity contribution < 1.29 is 4.79 Å². The summed E-state index contributed by atoms with van der Waals surface area (Å²) in [5.74, 6) is 0.628. The average Bonchev–Trinajstić information content (AvgIpc) is 2.17. The molecule has 1 N–H and O–H groups in total. The van der Waals surface area contributed by atoms with Crippen molar-refractivity contribution >= 4 is 11.7 Å². The van der Waals surface area contributed by atoms with E-state index in [0.717, 1.165) is 0 Å². The van der Waals surface area contributed by atoms with Gasteiger partial charge in [0.15, 0.2) is 0 Å². The van der Waals surface area contributed by atoms with Gasteiger partial charge < -0.3 is 5.32 Å². The van der Waals surface area contributed by atoms with Crippen molar-refractivity contribution in [2.24, 2.45) is 0 Å². The lowest BCUT2D eigenvalue weighted by Crippen LogP contribution is -2.14. The Morgan fingerprint density at radius 2 is 2.13 bits per heavy atom. The van der Waals surface area contributed by atoms with Gasteiger partial charge in [-0.05, 0) is 23.1 Å². The fraction of sp³-hybridized carbons (Fsp3) is 0.500. The topological polar surface area (TPSA) is 42.0 Å². The Hall–Kier alpha value is -1.38. The first kappa shape index (κ1) is 11.7. The van der Waals surface area contributed by atoms with Crippen molar-refractivity contribution in [2.45, 2.75) is 39.5 Å². The molecule has 3 nitrogen and oxygen atoms in total. The van der Waals surface area contributed by atoms with Crippen LogP contribution in [0.3, 0.4) is 0 Å². The summed E-state index contributed by atoms with van der Waals surface area (Å²) in [5.41, 5.74) is 1.25. The van der Waals surface area contributed by atoms with E-state index in [0.29, 0.717) is 12.2 Å². The smallest absolute Gasteiger partial charge is 0.225 e. The van der Waals surface area contributed by atoms with Crippen LogP contribution < -0.4 is 5.32 Å². The van der Waals surface area contributed by atoms with Gasteiger partial charge in [-0.3, -0.25) is 4.79 Å². The fourth-order valence-electron chi connectivity index (χ4n) is 1.20. The third-order valence-electron chi connectivity index (χ3n) is 2.21. The van der Waals surface area contributed by atoms with Crippen molar-refractivity contribution in [3.8, 4) is 0 Å². The highest BCUT2D eigenvalue weighted by molar-refractivity contribution is 5.89. The number of aromatic nitrogens is 1. The molecule has 0 fully saturated rings. The van der Waals surface area contributed by atoms with Crippen LogP contribution in [0, 0.1) is 0 Å². The minimum atomic E-state index is -0.00596. The summed E-state index contributed by atoms with van der Waals surface area (Å²) in [4.78, 5) is 15.3. The van der Waals surface area contributed by atoms with E-state index in [-0.39, 0.29) is 11.3 Å². The molecule has 15 heavy (non-hydrogen) atoms. The predicted molar refractivity (Wildman–Crippen MR) is 61.9 cm³/mol. The zero-order chi connectivity index (χ0) is 11.5. The molecule has 0 atom stereocenters. The van der Waals surface area contributed by atoms with Crippen LogP contribution >= 0.6 is 0 Å². The molecular formula is C12H18N2O. The molecule has 1 aromatic rings. The number of anilines is 1. The van der Waals surface area contributed by atoms with Crippen LogP contribution in [0.4, 0.5) is 5.82 Å². The molecule has 0 radical (unpaired) electrons. The zero-order valence-corrected chi connectivity index (χ0v) is 9.79. The molecule has 0 aliphatic heterocycles. The van der Waals surface area contributed by atoms with Crippen LogP contribution in [-0.4, -0.2) is 10.9 Å². The van der Waals surface area contributed by atoms with Gasteiger partial charge in [-0.25, -0.2) is 4.98 Å². The van der Waals surface area contributed by atoms with E-state index in [9.17, 15) is 4.79 Å². The second kappa shape index (κ2) is 4.43. The molecule has 1 rings (SSSR count). The summed E-state index contributed by atoms with van der Waals surface area (Å²) < 4.78 is 0. The van der Waals surface area contributed by atoms with E-state index in [1.54, 1.807) is 6.20 Å². The van der Waals surface area contributed by atoms with E-state index in [2.05, 4.69) is 31.1 Å². The largest absolute Gasteiger partial charge is 0.311 e. The van der Waals surface area contributed by atoms with Crippen LogP contribution in [0.15, 0.2) is 18.3 Å². The summed E-state index contributed by atoms with van der Waals surface area (Å²) in [6.45, 7) is 8.22. The van der Waals surface area contributed by atoms with E-state index >= 15 is 0 Å². The Labute approximate surface area is 90.9 Å². The molecule has 1 aromatic heterocycles. The molecule has 0 aromatic carbocycles. The van der Waals surface area contributed by atoms with Gasteiger partial charge >= 0.3 is 0 Å². The van der Waals surface area contributed by atoms with E-state index in [1.165, 1.54) is 5.56 Å². The Morgan fingerprint density at radius 3 is 2.67 bits per heavy atom. The lowest BCUT2D eigenvalue weighted by Gasteiger charge is -2.19. The molecule has 0 saturated carbocycles. The third-order valence-corrected chi connectivity index (χ3v) is 2.21. The predicted octanol–water partition coefficient (Wildman–Crippen LogP) is 2.73. The highest BCUT2D eigenvalue weighted by atomic mass is 16.1. The number of carbonyl (C=O) groups excluding carboxylic acids is 1. The number of carbonyl (C=O) groups is 1. The standard InChI is InChI=1S/C12H18N2O/c1-5-11(15)14-10-8-9(6-7-13-10)12(2,3)4/h6-8H,5H2,1-4H3,(H,13,14,15). The Bertz CT molecular complexity index is 353. The molecular weight excluding hydrogens is 188 g/mol. The van der Waals surface area contributed by atoms with Gasteiger partial charge in [0.2, 0.25) is 5.91 Å². The third kappa shape index (κ3) is 3.35. The van der Waals surface area contributed by atoms with Gasteiger partial charge in [-0.1, -0.05) is 27.7 Å². The quantitative estimate of drug-likeness (QED) is 0.808. The molecule has 1 heterocycles. The molecule has 3 heteroatoms. The summed E-state index contributed by atoms with van der Waals surface area (Å²) in [7, 11) is 0. The highest BCUT2D eigenvalue weighted by Crippen LogP contribution is 2.23. The van der Waals surface area contributed by atoms with E-state index < -0.39 is 0 Å². The van der Waals surface area contributed by atoms with Crippen LogP contribution in [-0.2, 0) is 10.2 Å².